The Morgan fingerprint density at radius 3 is 2.44 bits per heavy atom. The second kappa shape index (κ2) is 11.3. The second-order valence-electron chi connectivity index (χ2n) is 7.68. The average Bonchev–Trinajstić information content (AvgIpc) is 2.84. The number of hydrogen-bond donors (Lipinski definition) is 1. The van der Waals surface area contributed by atoms with Crippen molar-refractivity contribution in [1.82, 2.24) is 4.31 Å². The van der Waals surface area contributed by atoms with Gasteiger partial charge in [-0.2, -0.15) is 4.31 Å². The Balaban J connectivity index is 1.65. The van der Waals surface area contributed by atoms with E-state index in [9.17, 15) is 18.0 Å². The van der Waals surface area contributed by atoms with E-state index in [4.69, 9.17) is 14.2 Å². The Morgan fingerprint density at radius 2 is 1.79 bits per heavy atom. The third-order valence-electron chi connectivity index (χ3n) is 5.28. The lowest BCUT2D eigenvalue weighted by atomic mass is 10.1. The third kappa shape index (κ3) is 6.22. The zero-order valence-corrected chi connectivity index (χ0v) is 20.2. The van der Waals surface area contributed by atoms with Gasteiger partial charge < -0.3 is 19.5 Å². The Hall–Kier alpha value is -3.21. The second-order valence-corrected chi connectivity index (χ2v) is 9.59. The van der Waals surface area contributed by atoms with Crippen molar-refractivity contribution in [3.05, 3.63) is 59.2 Å². The number of benzene rings is 2. The summed E-state index contributed by atoms with van der Waals surface area (Å²) in [6, 6.07) is 10.2. The maximum absolute atomic E-state index is 13.1. The maximum atomic E-state index is 13.1. The van der Waals surface area contributed by atoms with Gasteiger partial charge in [0.25, 0.3) is 5.91 Å². The van der Waals surface area contributed by atoms with Crippen LogP contribution in [0.25, 0.3) is 6.08 Å². The number of nitrogens with zero attached hydrogens (tertiary/aromatic N) is 1. The lowest BCUT2D eigenvalue weighted by molar-refractivity contribution is -0.142. The lowest BCUT2D eigenvalue weighted by Crippen LogP contribution is -2.40. The van der Waals surface area contributed by atoms with Crippen molar-refractivity contribution >= 4 is 33.7 Å². The van der Waals surface area contributed by atoms with Gasteiger partial charge in [-0.05, 0) is 48.7 Å². The number of morpholine rings is 1. The van der Waals surface area contributed by atoms with Gasteiger partial charge in [-0.1, -0.05) is 24.3 Å². The molecule has 1 fully saturated rings. The van der Waals surface area contributed by atoms with E-state index in [0.29, 0.717) is 24.5 Å². The van der Waals surface area contributed by atoms with E-state index in [1.54, 1.807) is 6.07 Å². The summed E-state index contributed by atoms with van der Waals surface area (Å²) in [5.41, 5.74) is 2.96. The Labute approximate surface area is 199 Å². The highest BCUT2D eigenvalue weighted by molar-refractivity contribution is 7.89. The molecule has 0 spiro atoms. The third-order valence-corrected chi connectivity index (χ3v) is 7.20. The van der Waals surface area contributed by atoms with Crippen molar-refractivity contribution in [1.29, 1.82) is 0 Å². The van der Waals surface area contributed by atoms with Crippen LogP contribution in [-0.2, 0) is 29.1 Å². The minimum atomic E-state index is -3.80. The van der Waals surface area contributed by atoms with Crippen molar-refractivity contribution < 1.29 is 32.2 Å². The molecule has 0 unspecified atom stereocenters. The summed E-state index contributed by atoms with van der Waals surface area (Å²) in [7, 11) is -2.41. The summed E-state index contributed by atoms with van der Waals surface area (Å²) in [6.07, 6.45) is 2.56. The van der Waals surface area contributed by atoms with Crippen LogP contribution >= 0.6 is 0 Å². The number of aryl methyl sites for hydroxylation is 2. The molecular weight excluding hydrogens is 460 g/mol. The van der Waals surface area contributed by atoms with Crippen LogP contribution in [0.15, 0.2) is 47.4 Å². The van der Waals surface area contributed by atoms with Gasteiger partial charge in [0.2, 0.25) is 10.0 Å². The highest BCUT2D eigenvalue weighted by Crippen LogP contribution is 2.29. The van der Waals surface area contributed by atoms with Gasteiger partial charge in [-0.15, -0.1) is 0 Å². The van der Waals surface area contributed by atoms with Crippen molar-refractivity contribution in [3.8, 4) is 5.75 Å². The van der Waals surface area contributed by atoms with Gasteiger partial charge in [0, 0.05) is 24.9 Å². The largest absolute Gasteiger partial charge is 0.495 e. The molecule has 0 atom stereocenters. The van der Waals surface area contributed by atoms with E-state index in [0.717, 1.165) is 17.2 Å². The molecule has 0 aromatic heterocycles. The molecular formula is C24H28N2O7S. The maximum Gasteiger partial charge on any atom is 0.331 e. The fraction of sp³-hybridized carbons (Fsp3) is 0.333. The number of sulfonamides is 1. The molecule has 0 bridgehead atoms. The van der Waals surface area contributed by atoms with E-state index in [-0.39, 0.29) is 23.7 Å². The first-order valence-corrected chi connectivity index (χ1v) is 12.1. The minimum Gasteiger partial charge on any atom is -0.495 e. The monoisotopic (exact) mass is 488 g/mol. The molecule has 10 heteroatoms. The van der Waals surface area contributed by atoms with Gasteiger partial charge in [0.15, 0.2) is 6.61 Å². The zero-order chi connectivity index (χ0) is 24.7. The average molecular weight is 489 g/mol. The normalized spacial score (nSPS) is 14.7. The molecule has 3 rings (SSSR count). The molecule has 2 aromatic rings. The Morgan fingerprint density at radius 1 is 1.12 bits per heavy atom. The molecule has 1 amide bonds. The van der Waals surface area contributed by atoms with Crippen LogP contribution in [0.5, 0.6) is 5.75 Å². The van der Waals surface area contributed by atoms with Crippen molar-refractivity contribution in [2.75, 3.05) is 45.3 Å². The molecule has 1 aliphatic rings. The molecule has 1 aliphatic heterocycles. The van der Waals surface area contributed by atoms with Gasteiger partial charge in [-0.25, -0.2) is 13.2 Å². The van der Waals surface area contributed by atoms with E-state index >= 15 is 0 Å². The summed E-state index contributed by atoms with van der Waals surface area (Å²) in [5.74, 6) is -0.984. The molecule has 0 saturated carbocycles. The number of methoxy groups -OCH3 is 1. The predicted molar refractivity (Wildman–Crippen MR) is 127 cm³/mol. The van der Waals surface area contributed by atoms with Crippen LogP contribution in [0, 0.1) is 13.8 Å². The summed E-state index contributed by atoms with van der Waals surface area (Å²) >= 11 is 0. The first kappa shape index (κ1) is 25.4. The molecule has 0 aliphatic carbocycles. The van der Waals surface area contributed by atoms with Gasteiger partial charge >= 0.3 is 5.97 Å². The summed E-state index contributed by atoms with van der Waals surface area (Å²) < 4.78 is 42.9. The highest BCUT2D eigenvalue weighted by atomic mass is 32.2. The first-order valence-electron chi connectivity index (χ1n) is 10.7. The number of hydrogen-bond acceptors (Lipinski definition) is 7. The Bertz CT molecular complexity index is 1170. The van der Waals surface area contributed by atoms with Crippen LogP contribution in [0.2, 0.25) is 0 Å². The minimum absolute atomic E-state index is 0.000367. The number of carbonyl (C=O) groups is 2. The molecule has 9 nitrogen and oxygen atoms in total. The van der Waals surface area contributed by atoms with Crippen LogP contribution in [0.1, 0.15) is 16.7 Å². The zero-order valence-electron chi connectivity index (χ0n) is 19.4. The molecule has 2 aromatic carbocycles. The van der Waals surface area contributed by atoms with Crippen LogP contribution in [-0.4, -0.2) is 64.6 Å². The van der Waals surface area contributed by atoms with Gasteiger partial charge in [0.1, 0.15) is 10.6 Å². The van der Waals surface area contributed by atoms with Crippen LogP contribution in [0.4, 0.5) is 5.69 Å². The van der Waals surface area contributed by atoms with E-state index in [1.165, 1.54) is 29.6 Å². The van der Waals surface area contributed by atoms with Crippen molar-refractivity contribution in [3.63, 3.8) is 0 Å². The number of esters is 1. The number of ether oxygens (including phenoxy) is 3. The number of rotatable bonds is 8. The molecule has 1 heterocycles. The molecule has 182 valence electrons. The van der Waals surface area contributed by atoms with Gasteiger partial charge in [0.05, 0.1) is 20.3 Å². The molecule has 1 saturated heterocycles. The van der Waals surface area contributed by atoms with Crippen LogP contribution in [0.3, 0.4) is 0 Å². The quantitative estimate of drug-likeness (QED) is 0.449. The molecule has 1 N–H and O–H groups in total. The standard InChI is InChI=1S/C24H28N2O7S/c1-17-5-4-6-18(2)24(17)25-22(27)16-33-23(28)10-8-19-7-9-20(31-3)21(15-19)34(29,30)26-11-13-32-14-12-26/h4-10,15H,11-14,16H2,1-3H3,(H,25,27)/b10-8+. The summed E-state index contributed by atoms with van der Waals surface area (Å²) in [6.45, 7) is 4.45. The summed E-state index contributed by atoms with van der Waals surface area (Å²) in [4.78, 5) is 24.3. The van der Waals surface area contributed by atoms with E-state index in [2.05, 4.69) is 5.32 Å². The number of amides is 1. The topological polar surface area (TPSA) is 111 Å². The molecule has 0 radical (unpaired) electrons. The first-order chi connectivity index (χ1) is 16.2. The van der Waals surface area contributed by atoms with E-state index < -0.39 is 28.5 Å². The SMILES string of the molecule is COc1ccc(/C=C/C(=O)OCC(=O)Nc2c(C)cccc2C)cc1S(=O)(=O)N1CCOCC1. The van der Waals surface area contributed by atoms with Crippen molar-refractivity contribution in [2.24, 2.45) is 0 Å². The number of nitrogens with one attached hydrogen (secondary N) is 1. The highest BCUT2D eigenvalue weighted by Gasteiger charge is 2.29. The smallest absolute Gasteiger partial charge is 0.331 e. The van der Waals surface area contributed by atoms with E-state index in [1.807, 2.05) is 32.0 Å². The van der Waals surface area contributed by atoms with Gasteiger partial charge in [-0.3, -0.25) is 4.79 Å². The number of carbonyl (C=O) groups excluding carboxylic acids is 2. The van der Waals surface area contributed by atoms with Crippen molar-refractivity contribution in [2.45, 2.75) is 18.7 Å². The summed E-state index contributed by atoms with van der Waals surface area (Å²) in [5, 5.41) is 2.74. The number of anilines is 1. The fourth-order valence-electron chi connectivity index (χ4n) is 3.46. The van der Waals surface area contributed by atoms with Crippen LogP contribution < -0.4 is 10.1 Å². The Kier molecular flexibility index (Phi) is 8.43. The number of para-hydroxylation sites is 1. The predicted octanol–water partition coefficient (Wildman–Crippen LogP) is 2.53. The fourth-order valence-corrected chi connectivity index (χ4v) is 5.06. The molecule has 34 heavy (non-hydrogen) atoms. The lowest BCUT2D eigenvalue weighted by Gasteiger charge is -2.26.